The highest BCUT2D eigenvalue weighted by Crippen LogP contribution is 2.37. The summed E-state index contributed by atoms with van der Waals surface area (Å²) in [7, 11) is 1.54. The molecule has 2 atom stereocenters. The van der Waals surface area contributed by atoms with Crippen LogP contribution in [0.3, 0.4) is 0 Å². The third kappa shape index (κ3) is 3.17. The first kappa shape index (κ1) is 17.2. The van der Waals surface area contributed by atoms with E-state index in [0.29, 0.717) is 15.8 Å². The number of ether oxygens (including phenoxy) is 1. The Morgan fingerprint density at radius 3 is 2.60 bits per heavy atom. The summed E-state index contributed by atoms with van der Waals surface area (Å²) < 4.78 is 5.54. The minimum atomic E-state index is -1.23. The lowest BCUT2D eigenvalue weighted by Gasteiger charge is -2.14. The van der Waals surface area contributed by atoms with Crippen molar-refractivity contribution in [2.24, 2.45) is 5.16 Å². The average Bonchev–Trinajstić information content (AvgIpc) is 3.03. The van der Waals surface area contributed by atoms with Gasteiger partial charge in [-0.25, -0.2) is 0 Å². The van der Waals surface area contributed by atoms with Gasteiger partial charge < -0.3 is 14.7 Å². The van der Waals surface area contributed by atoms with E-state index in [1.807, 2.05) is 6.92 Å². The molecule has 7 nitrogen and oxygen atoms in total. The van der Waals surface area contributed by atoms with Crippen molar-refractivity contribution in [2.75, 3.05) is 7.11 Å². The second-order valence-corrected chi connectivity index (χ2v) is 6.50. The first-order valence-corrected chi connectivity index (χ1v) is 8.22. The van der Waals surface area contributed by atoms with Crippen molar-refractivity contribution in [1.29, 1.82) is 0 Å². The molecule has 1 aliphatic rings. The number of rotatable bonds is 4. The number of phenolic OH excluding ortho intramolecular Hbond substituents is 1. The summed E-state index contributed by atoms with van der Waals surface area (Å²) in [5.41, 5.74) is 1.81. The van der Waals surface area contributed by atoms with Crippen LogP contribution in [0.1, 0.15) is 22.8 Å². The molecule has 0 spiro atoms. The summed E-state index contributed by atoms with van der Waals surface area (Å²) in [6, 6.07) is 8.94. The van der Waals surface area contributed by atoms with Crippen molar-refractivity contribution >= 4 is 21.6 Å². The van der Waals surface area contributed by atoms with E-state index in [0.717, 1.165) is 5.56 Å². The van der Waals surface area contributed by atoms with Crippen LogP contribution in [-0.2, 0) is 4.84 Å². The van der Waals surface area contributed by atoms with E-state index >= 15 is 0 Å². The molecule has 0 aliphatic carbocycles. The molecule has 1 aliphatic heterocycles. The minimum absolute atomic E-state index is 0.0905. The Kier molecular flexibility index (Phi) is 4.63. The molecule has 0 fully saturated rings. The summed E-state index contributed by atoms with van der Waals surface area (Å²) in [5.74, 6) is 0.538. The van der Waals surface area contributed by atoms with Crippen LogP contribution in [0, 0.1) is 17.0 Å². The van der Waals surface area contributed by atoms with Crippen molar-refractivity contribution < 1.29 is 19.6 Å². The van der Waals surface area contributed by atoms with Gasteiger partial charge in [0.2, 0.25) is 6.10 Å². The zero-order valence-corrected chi connectivity index (χ0v) is 15.1. The number of hydrogen-bond acceptors (Lipinski definition) is 6. The summed E-state index contributed by atoms with van der Waals surface area (Å²) in [5, 5.41) is 25.9. The van der Waals surface area contributed by atoms with E-state index in [9.17, 15) is 15.2 Å². The van der Waals surface area contributed by atoms with Crippen LogP contribution < -0.4 is 4.74 Å². The van der Waals surface area contributed by atoms with E-state index in [1.54, 1.807) is 43.5 Å². The monoisotopic (exact) mass is 406 g/mol. The molecule has 0 bridgehead atoms. The van der Waals surface area contributed by atoms with Crippen molar-refractivity contribution in [3.63, 3.8) is 0 Å². The molecule has 8 heteroatoms. The first-order valence-electron chi connectivity index (χ1n) is 7.43. The van der Waals surface area contributed by atoms with Gasteiger partial charge in [-0.05, 0) is 52.7 Å². The lowest BCUT2D eigenvalue weighted by atomic mass is 9.94. The van der Waals surface area contributed by atoms with E-state index < -0.39 is 17.1 Å². The third-order valence-electron chi connectivity index (χ3n) is 3.99. The molecule has 25 heavy (non-hydrogen) atoms. The topological polar surface area (TPSA) is 94.2 Å². The molecule has 0 saturated carbocycles. The Bertz CT molecular complexity index is 851. The Morgan fingerprint density at radius 1 is 1.32 bits per heavy atom. The molecule has 3 rings (SSSR count). The number of hydrogen-bond donors (Lipinski definition) is 1. The Balaban J connectivity index is 2.01. The number of phenols is 1. The number of methoxy groups -OCH3 is 1. The molecule has 0 aromatic heterocycles. The Morgan fingerprint density at radius 2 is 2.00 bits per heavy atom. The fourth-order valence-electron chi connectivity index (χ4n) is 2.75. The van der Waals surface area contributed by atoms with Crippen molar-refractivity contribution in [2.45, 2.75) is 19.1 Å². The third-order valence-corrected chi connectivity index (χ3v) is 4.59. The summed E-state index contributed by atoms with van der Waals surface area (Å²) in [6.07, 6.45) is -0.880. The highest BCUT2D eigenvalue weighted by atomic mass is 79.9. The number of nitrogens with zero attached hydrogens (tertiary/aromatic N) is 2. The molecular formula is C17H15BrN2O5. The zero-order chi connectivity index (χ0) is 18.1. The molecule has 0 saturated heterocycles. The van der Waals surface area contributed by atoms with Gasteiger partial charge >= 0.3 is 6.04 Å². The number of aryl methyl sites for hydroxylation is 1. The Labute approximate surface area is 152 Å². The second kappa shape index (κ2) is 6.72. The fourth-order valence-corrected chi connectivity index (χ4v) is 3.33. The normalized spacial score (nSPS) is 19.2. The first-order chi connectivity index (χ1) is 11.9. The van der Waals surface area contributed by atoms with Gasteiger partial charge in [0.25, 0.3) is 0 Å². The fraction of sp³-hybridized carbons (Fsp3) is 0.235. The predicted octanol–water partition coefficient (Wildman–Crippen LogP) is 3.59. The molecule has 0 amide bonds. The van der Waals surface area contributed by atoms with Gasteiger partial charge in [-0.3, -0.25) is 10.1 Å². The number of halogens is 1. The predicted molar refractivity (Wildman–Crippen MR) is 94.7 cm³/mol. The number of nitro groups is 1. The minimum Gasteiger partial charge on any atom is -0.506 e. The zero-order valence-electron chi connectivity index (χ0n) is 13.5. The highest BCUT2D eigenvalue weighted by Gasteiger charge is 2.46. The van der Waals surface area contributed by atoms with Gasteiger partial charge in [0.05, 0.1) is 11.6 Å². The molecule has 1 heterocycles. The average molecular weight is 407 g/mol. The highest BCUT2D eigenvalue weighted by molar-refractivity contribution is 9.10. The van der Waals surface area contributed by atoms with Gasteiger partial charge in [0.1, 0.15) is 11.5 Å². The van der Waals surface area contributed by atoms with Crippen LogP contribution >= 0.6 is 15.9 Å². The van der Waals surface area contributed by atoms with Crippen LogP contribution in [0.5, 0.6) is 11.5 Å². The van der Waals surface area contributed by atoms with Crippen molar-refractivity contribution in [1.82, 2.24) is 0 Å². The van der Waals surface area contributed by atoms with Gasteiger partial charge in [0, 0.05) is 16.1 Å². The van der Waals surface area contributed by atoms with E-state index in [4.69, 9.17) is 9.57 Å². The second-order valence-electron chi connectivity index (χ2n) is 5.65. The maximum atomic E-state index is 11.7. The molecule has 130 valence electrons. The standard InChI is InChI=1S/C17H15BrN2O5/c1-9-7-12(16(21)13(18)8-9)14-15(20(22)23)17(25-19-14)10-3-5-11(24-2)6-4-10/h3-8,15,17,21H,1-2H3. The number of benzene rings is 2. The molecule has 1 N–H and O–H groups in total. The maximum Gasteiger partial charge on any atom is 0.301 e. The quantitative estimate of drug-likeness (QED) is 0.618. The summed E-state index contributed by atoms with van der Waals surface area (Å²) >= 11 is 3.25. The SMILES string of the molecule is COc1ccc(C2ON=C(c3cc(C)cc(Br)c3O)C2[N+](=O)[O-])cc1. The van der Waals surface area contributed by atoms with Crippen LogP contribution in [0.25, 0.3) is 0 Å². The van der Waals surface area contributed by atoms with Crippen molar-refractivity contribution in [3.8, 4) is 11.5 Å². The lowest BCUT2D eigenvalue weighted by molar-refractivity contribution is -0.512. The van der Waals surface area contributed by atoms with E-state index in [2.05, 4.69) is 21.1 Å². The molecular weight excluding hydrogens is 392 g/mol. The van der Waals surface area contributed by atoms with Crippen LogP contribution in [0.4, 0.5) is 0 Å². The molecule has 0 radical (unpaired) electrons. The van der Waals surface area contributed by atoms with Crippen LogP contribution in [-0.4, -0.2) is 28.9 Å². The molecule has 2 aromatic carbocycles. The smallest absolute Gasteiger partial charge is 0.301 e. The van der Waals surface area contributed by atoms with Crippen LogP contribution in [0.2, 0.25) is 0 Å². The van der Waals surface area contributed by atoms with Gasteiger partial charge in [0.15, 0.2) is 5.71 Å². The van der Waals surface area contributed by atoms with Gasteiger partial charge in [-0.1, -0.05) is 17.3 Å². The Hall–Kier alpha value is -2.61. The van der Waals surface area contributed by atoms with E-state index in [-0.39, 0.29) is 17.0 Å². The van der Waals surface area contributed by atoms with Gasteiger partial charge in [-0.15, -0.1) is 0 Å². The maximum absolute atomic E-state index is 11.7. The van der Waals surface area contributed by atoms with Gasteiger partial charge in [-0.2, -0.15) is 0 Å². The summed E-state index contributed by atoms with van der Waals surface area (Å²) in [6.45, 7) is 1.83. The summed E-state index contributed by atoms with van der Waals surface area (Å²) in [4.78, 5) is 16.6. The van der Waals surface area contributed by atoms with Crippen LogP contribution in [0.15, 0.2) is 46.0 Å². The molecule has 2 aromatic rings. The molecule has 2 unspecified atom stereocenters. The van der Waals surface area contributed by atoms with Crippen molar-refractivity contribution in [3.05, 3.63) is 67.7 Å². The largest absolute Gasteiger partial charge is 0.506 e. The number of oxime groups is 1. The lowest BCUT2D eigenvalue weighted by Crippen LogP contribution is -2.32. The van der Waals surface area contributed by atoms with E-state index in [1.165, 1.54) is 0 Å². The number of aromatic hydroxyl groups is 1.